The Bertz CT molecular complexity index is 660. The number of guanidine groups is 1. The van der Waals surface area contributed by atoms with Crippen molar-refractivity contribution in [1.29, 1.82) is 0 Å². The quantitative estimate of drug-likeness (QED) is 0.645. The van der Waals surface area contributed by atoms with Crippen LogP contribution >= 0.6 is 11.3 Å². The topological polar surface area (TPSA) is 43.8 Å². The summed E-state index contributed by atoms with van der Waals surface area (Å²) in [5.41, 5.74) is 3.56. The molecule has 0 radical (unpaired) electrons. The predicted molar refractivity (Wildman–Crippen MR) is 104 cm³/mol. The van der Waals surface area contributed by atoms with E-state index in [1.807, 2.05) is 19.0 Å². The summed E-state index contributed by atoms with van der Waals surface area (Å²) in [6, 6.07) is 8.62. The molecule has 0 amide bonds. The van der Waals surface area contributed by atoms with Gasteiger partial charge in [-0.15, -0.1) is 11.3 Å². The number of aromatic nitrogens is 1. The van der Waals surface area contributed by atoms with E-state index in [2.05, 4.69) is 65.7 Å². The third-order valence-electron chi connectivity index (χ3n) is 3.55. The van der Waals surface area contributed by atoms with Gasteiger partial charge in [0.05, 0.1) is 12.2 Å². The average Bonchev–Trinajstić information content (AvgIpc) is 3.02. The van der Waals surface area contributed by atoms with Crippen LogP contribution in [-0.2, 0) is 13.1 Å². The van der Waals surface area contributed by atoms with Crippen LogP contribution in [0.4, 0.5) is 5.13 Å². The third kappa shape index (κ3) is 5.23. The smallest absolute Gasteiger partial charge is 0.194 e. The van der Waals surface area contributed by atoms with E-state index >= 15 is 0 Å². The maximum Gasteiger partial charge on any atom is 0.194 e. The lowest BCUT2D eigenvalue weighted by molar-refractivity contribution is 0.476. The van der Waals surface area contributed by atoms with E-state index in [-0.39, 0.29) is 0 Å². The molecule has 0 bridgehead atoms. The summed E-state index contributed by atoms with van der Waals surface area (Å²) in [5, 5.41) is 6.44. The monoisotopic (exact) mass is 345 g/mol. The molecule has 1 heterocycles. The highest BCUT2D eigenvalue weighted by Crippen LogP contribution is 2.18. The molecule has 6 heteroatoms. The van der Waals surface area contributed by atoms with Gasteiger partial charge in [0.1, 0.15) is 0 Å². The third-order valence-corrected chi connectivity index (χ3v) is 4.61. The van der Waals surface area contributed by atoms with E-state index in [1.54, 1.807) is 11.3 Å². The van der Waals surface area contributed by atoms with Crippen molar-refractivity contribution < 1.29 is 0 Å². The Hall–Kier alpha value is -2.08. The molecule has 1 N–H and O–H groups in total. The Morgan fingerprint density at radius 3 is 2.50 bits per heavy atom. The highest BCUT2D eigenvalue weighted by Gasteiger charge is 2.08. The van der Waals surface area contributed by atoms with E-state index in [4.69, 9.17) is 4.99 Å². The molecule has 0 atom stereocenters. The first-order valence-electron chi connectivity index (χ1n) is 8.16. The van der Waals surface area contributed by atoms with Gasteiger partial charge in [0, 0.05) is 39.6 Å². The molecule has 0 aliphatic heterocycles. The van der Waals surface area contributed by atoms with Crippen molar-refractivity contribution in [2.45, 2.75) is 26.9 Å². The van der Waals surface area contributed by atoms with Crippen molar-refractivity contribution >= 4 is 22.4 Å². The minimum atomic E-state index is 0.588. The Morgan fingerprint density at radius 1 is 1.21 bits per heavy atom. The first-order chi connectivity index (χ1) is 11.5. The zero-order valence-electron chi connectivity index (χ0n) is 15.2. The summed E-state index contributed by atoms with van der Waals surface area (Å²) >= 11 is 1.65. The summed E-state index contributed by atoms with van der Waals surface area (Å²) in [6.07, 6.45) is 0. The lowest BCUT2D eigenvalue weighted by Crippen LogP contribution is -2.38. The number of hydrogen-bond donors (Lipinski definition) is 1. The number of nitrogens with zero attached hydrogens (tertiary/aromatic N) is 4. The standard InChI is InChI=1S/C18H27N5S/c1-6-19-17(20-11-16-13-24-18(21-16)22(3)4)23(5)12-15-9-7-14(2)8-10-15/h7-10,13H,6,11-12H2,1-5H3,(H,19,20). The van der Waals surface area contributed by atoms with E-state index in [0.717, 1.165) is 29.9 Å². The molecule has 0 aliphatic rings. The van der Waals surface area contributed by atoms with Crippen molar-refractivity contribution in [3.8, 4) is 0 Å². The van der Waals surface area contributed by atoms with Crippen LogP contribution in [0.5, 0.6) is 0 Å². The highest BCUT2D eigenvalue weighted by molar-refractivity contribution is 7.13. The SMILES string of the molecule is CCNC(=NCc1csc(N(C)C)n1)N(C)Cc1ccc(C)cc1. The van der Waals surface area contributed by atoms with Gasteiger partial charge in [-0.25, -0.2) is 9.98 Å². The molecule has 130 valence electrons. The van der Waals surface area contributed by atoms with Crippen molar-refractivity contribution in [2.75, 3.05) is 32.6 Å². The zero-order valence-corrected chi connectivity index (χ0v) is 16.0. The second-order valence-corrected chi connectivity index (χ2v) is 6.86. The van der Waals surface area contributed by atoms with Crippen molar-refractivity contribution in [3.05, 3.63) is 46.5 Å². The van der Waals surface area contributed by atoms with E-state index in [1.165, 1.54) is 11.1 Å². The molecule has 0 saturated carbocycles. The predicted octanol–water partition coefficient (Wildman–Crippen LogP) is 3.12. The Kier molecular flexibility index (Phi) is 6.61. The van der Waals surface area contributed by atoms with E-state index in [0.29, 0.717) is 6.54 Å². The fraction of sp³-hybridized carbons (Fsp3) is 0.444. The van der Waals surface area contributed by atoms with Crippen molar-refractivity contribution in [1.82, 2.24) is 15.2 Å². The fourth-order valence-corrected chi connectivity index (χ4v) is 2.99. The van der Waals surface area contributed by atoms with E-state index < -0.39 is 0 Å². The molecular formula is C18H27N5S. The van der Waals surface area contributed by atoms with Crippen molar-refractivity contribution in [2.24, 2.45) is 4.99 Å². The van der Waals surface area contributed by atoms with Gasteiger partial charge < -0.3 is 15.1 Å². The van der Waals surface area contributed by atoms with E-state index in [9.17, 15) is 0 Å². The Morgan fingerprint density at radius 2 is 1.92 bits per heavy atom. The summed E-state index contributed by atoms with van der Waals surface area (Å²) in [6.45, 7) is 6.45. The molecule has 1 aromatic heterocycles. The van der Waals surface area contributed by atoms with Crippen LogP contribution in [0.15, 0.2) is 34.6 Å². The van der Waals surface area contributed by atoms with Crippen LogP contribution in [0, 0.1) is 6.92 Å². The van der Waals surface area contributed by atoms with Crippen LogP contribution in [-0.4, -0.2) is 43.5 Å². The highest BCUT2D eigenvalue weighted by atomic mass is 32.1. The number of aliphatic imine (C=N–C) groups is 1. The van der Waals surface area contributed by atoms with Crippen LogP contribution in [0.25, 0.3) is 0 Å². The zero-order chi connectivity index (χ0) is 17.5. The summed E-state index contributed by atoms with van der Waals surface area (Å²) in [5.74, 6) is 0.900. The van der Waals surface area contributed by atoms with Gasteiger partial charge in [0.2, 0.25) is 0 Å². The maximum atomic E-state index is 4.73. The van der Waals surface area contributed by atoms with Gasteiger partial charge in [-0.1, -0.05) is 29.8 Å². The molecule has 0 saturated heterocycles. The number of nitrogens with one attached hydrogen (secondary N) is 1. The van der Waals surface area contributed by atoms with Crippen molar-refractivity contribution in [3.63, 3.8) is 0 Å². The lowest BCUT2D eigenvalue weighted by Gasteiger charge is -2.22. The van der Waals surface area contributed by atoms with Gasteiger partial charge in [0.25, 0.3) is 0 Å². The molecule has 2 aromatic rings. The number of aryl methyl sites for hydroxylation is 1. The second kappa shape index (κ2) is 8.68. The maximum absolute atomic E-state index is 4.73. The molecule has 0 spiro atoms. The van der Waals surface area contributed by atoms with Gasteiger partial charge in [-0.2, -0.15) is 0 Å². The number of benzene rings is 1. The molecule has 0 unspecified atom stereocenters. The number of anilines is 1. The molecule has 2 rings (SSSR count). The number of rotatable bonds is 6. The molecule has 0 fully saturated rings. The largest absolute Gasteiger partial charge is 0.357 e. The van der Waals surface area contributed by atoms with Crippen LogP contribution in [0.3, 0.4) is 0 Å². The first kappa shape index (κ1) is 18.3. The number of hydrogen-bond acceptors (Lipinski definition) is 4. The minimum absolute atomic E-state index is 0.588. The van der Waals surface area contributed by atoms with Crippen LogP contribution < -0.4 is 10.2 Å². The number of thiazole rings is 1. The summed E-state index contributed by atoms with van der Waals surface area (Å²) < 4.78 is 0. The minimum Gasteiger partial charge on any atom is -0.357 e. The molecule has 5 nitrogen and oxygen atoms in total. The van der Waals surface area contributed by atoms with Crippen LogP contribution in [0.2, 0.25) is 0 Å². The summed E-state index contributed by atoms with van der Waals surface area (Å²) in [4.78, 5) is 13.5. The van der Waals surface area contributed by atoms with Gasteiger partial charge >= 0.3 is 0 Å². The second-order valence-electron chi connectivity index (χ2n) is 6.03. The average molecular weight is 346 g/mol. The fourth-order valence-electron chi connectivity index (χ4n) is 2.24. The molecular weight excluding hydrogens is 318 g/mol. The van der Waals surface area contributed by atoms with Gasteiger partial charge in [-0.3, -0.25) is 0 Å². The first-order valence-corrected chi connectivity index (χ1v) is 9.04. The normalized spacial score (nSPS) is 11.5. The van der Waals surface area contributed by atoms with Gasteiger partial charge in [0.15, 0.2) is 11.1 Å². The Labute approximate surface area is 149 Å². The summed E-state index contributed by atoms with van der Waals surface area (Å²) in [7, 11) is 6.07. The lowest BCUT2D eigenvalue weighted by atomic mass is 10.1. The molecule has 0 aliphatic carbocycles. The molecule has 1 aromatic carbocycles. The molecule has 24 heavy (non-hydrogen) atoms. The Balaban J connectivity index is 2.04. The van der Waals surface area contributed by atoms with Gasteiger partial charge in [-0.05, 0) is 19.4 Å². The van der Waals surface area contributed by atoms with Crippen LogP contribution in [0.1, 0.15) is 23.7 Å².